The molecule has 0 aromatic carbocycles. The minimum atomic E-state index is -0.861. The van der Waals surface area contributed by atoms with E-state index in [9.17, 15) is 9.59 Å². The Hall–Kier alpha value is -1.22. The number of aliphatic hydroxyl groups excluding tert-OH is 1. The minimum absolute atomic E-state index is 0.145. The summed E-state index contributed by atoms with van der Waals surface area (Å²) in [5.41, 5.74) is 13.3. The SMILES string of the molecule is CCC(O)NOC(=O)CCCNC(=O)[C@@H](N)CCCCN. The fourth-order valence-electron chi connectivity index (χ4n) is 1.48. The van der Waals surface area contributed by atoms with E-state index in [0.29, 0.717) is 32.4 Å². The number of carbonyl (C=O) groups excluding carboxylic acids is 2. The molecule has 0 aliphatic heterocycles. The molecule has 0 rings (SSSR count). The van der Waals surface area contributed by atoms with E-state index >= 15 is 0 Å². The number of amides is 1. The molecule has 21 heavy (non-hydrogen) atoms. The number of hydroxylamine groups is 1. The van der Waals surface area contributed by atoms with E-state index in [1.54, 1.807) is 6.92 Å². The van der Waals surface area contributed by atoms with E-state index in [4.69, 9.17) is 16.6 Å². The number of hydrogen-bond donors (Lipinski definition) is 5. The second-order valence-corrected chi connectivity index (χ2v) is 4.80. The zero-order chi connectivity index (χ0) is 16.1. The van der Waals surface area contributed by atoms with Crippen LogP contribution in [0.4, 0.5) is 0 Å². The van der Waals surface area contributed by atoms with E-state index in [1.807, 2.05) is 0 Å². The van der Waals surface area contributed by atoms with Crippen molar-refractivity contribution in [2.45, 2.75) is 57.7 Å². The predicted octanol–water partition coefficient (Wildman–Crippen LogP) is -0.885. The fourth-order valence-corrected chi connectivity index (χ4v) is 1.48. The highest BCUT2D eigenvalue weighted by atomic mass is 16.7. The highest BCUT2D eigenvalue weighted by molar-refractivity contribution is 5.81. The van der Waals surface area contributed by atoms with Crippen molar-refractivity contribution in [1.82, 2.24) is 10.8 Å². The summed E-state index contributed by atoms with van der Waals surface area (Å²) >= 11 is 0. The van der Waals surface area contributed by atoms with Gasteiger partial charge >= 0.3 is 5.97 Å². The van der Waals surface area contributed by atoms with Gasteiger partial charge in [-0.3, -0.25) is 9.59 Å². The van der Waals surface area contributed by atoms with E-state index < -0.39 is 18.2 Å². The van der Waals surface area contributed by atoms with Crippen LogP contribution in [0, 0.1) is 0 Å². The molecule has 1 unspecified atom stereocenters. The lowest BCUT2D eigenvalue weighted by Crippen LogP contribution is -2.41. The Labute approximate surface area is 125 Å². The number of unbranched alkanes of at least 4 members (excludes halogenated alkanes) is 1. The molecule has 0 saturated carbocycles. The van der Waals surface area contributed by atoms with Crippen LogP contribution in [0.5, 0.6) is 0 Å². The normalized spacial score (nSPS) is 13.5. The predicted molar refractivity (Wildman–Crippen MR) is 78.7 cm³/mol. The maximum absolute atomic E-state index is 11.6. The molecule has 1 amide bonds. The van der Waals surface area contributed by atoms with Gasteiger partial charge in [0.2, 0.25) is 5.91 Å². The standard InChI is InChI=1S/C13H28N4O4/c1-2-11(18)17-21-12(19)7-5-9-16-13(20)10(15)6-3-4-8-14/h10-11,17-18H,2-9,14-15H2,1H3,(H,16,20)/t10-,11?/m0/s1. The van der Waals surface area contributed by atoms with Gasteiger partial charge in [0.05, 0.1) is 6.04 Å². The number of rotatable bonds is 12. The Morgan fingerprint density at radius 3 is 2.62 bits per heavy atom. The molecule has 8 nitrogen and oxygen atoms in total. The number of nitrogens with two attached hydrogens (primary N) is 2. The smallest absolute Gasteiger partial charge is 0.324 e. The first-order valence-electron chi connectivity index (χ1n) is 7.37. The molecule has 0 aromatic rings. The lowest BCUT2D eigenvalue weighted by molar-refractivity contribution is -0.159. The molecular formula is C13H28N4O4. The summed E-state index contributed by atoms with van der Waals surface area (Å²) in [7, 11) is 0. The Morgan fingerprint density at radius 2 is 2.00 bits per heavy atom. The van der Waals surface area contributed by atoms with Gasteiger partial charge < -0.3 is 26.7 Å². The van der Waals surface area contributed by atoms with Gasteiger partial charge in [-0.1, -0.05) is 13.3 Å². The van der Waals surface area contributed by atoms with Crippen LogP contribution in [0.2, 0.25) is 0 Å². The molecule has 0 spiro atoms. The van der Waals surface area contributed by atoms with Crippen LogP contribution in [0.1, 0.15) is 45.4 Å². The minimum Gasteiger partial charge on any atom is -0.376 e. The summed E-state index contributed by atoms with van der Waals surface area (Å²) in [6.45, 7) is 2.70. The molecule has 0 aromatic heterocycles. The van der Waals surface area contributed by atoms with Crippen molar-refractivity contribution in [3.63, 3.8) is 0 Å². The monoisotopic (exact) mass is 304 g/mol. The zero-order valence-electron chi connectivity index (χ0n) is 12.6. The third-order valence-corrected chi connectivity index (χ3v) is 2.86. The molecular weight excluding hydrogens is 276 g/mol. The second kappa shape index (κ2) is 12.5. The van der Waals surface area contributed by atoms with Crippen LogP contribution < -0.4 is 22.3 Å². The summed E-state index contributed by atoms with van der Waals surface area (Å²) < 4.78 is 0. The van der Waals surface area contributed by atoms with Gasteiger partial charge in [-0.25, -0.2) is 0 Å². The van der Waals surface area contributed by atoms with Gasteiger partial charge in [-0.2, -0.15) is 0 Å². The first-order valence-corrected chi connectivity index (χ1v) is 7.37. The van der Waals surface area contributed by atoms with Crippen LogP contribution in [-0.2, 0) is 14.4 Å². The molecule has 0 heterocycles. The summed E-state index contributed by atoms with van der Waals surface area (Å²) in [4.78, 5) is 27.5. The molecule has 0 bridgehead atoms. The van der Waals surface area contributed by atoms with Crippen LogP contribution in [0.25, 0.3) is 0 Å². The van der Waals surface area contributed by atoms with Crippen molar-refractivity contribution in [1.29, 1.82) is 0 Å². The Balaban J connectivity index is 3.60. The number of carbonyl (C=O) groups is 2. The lowest BCUT2D eigenvalue weighted by atomic mass is 10.1. The second-order valence-electron chi connectivity index (χ2n) is 4.80. The number of nitrogens with one attached hydrogen (secondary N) is 2. The molecule has 0 fully saturated rings. The van der Waals surface area contributed by atoms with Gasteiger partial charge in [0, 0.05) is 13.0 Å². The maximum Gasteiger partial charge on any atom is 0.324 e. The number of hydrogen-bond acceptors (Lipinski definition) is 7. The van der Waals surface area contributed by atoms with Gasteiger partial charge in [0.15, 0.2) is 0 Å². The van der Waals surface area contributed by atoms with E-state index in [0.717, 1.165) is 12.8 Å². The molecule has 0 saturated heterocycles. The van der Waals surface area contributed by atoms with E-state index in [2.05, 4.69) is 15.6 Å². The Kier molecular flexibility index (Phi) is 11.8. The summed E-state index contributed by atoms with van der Waals surface area (Å²) in [6, 6.07) is -0.537. The highest BCUT2D eigenvalue weighted by Crippen LogP contribution is 1.98. The third-order valence-electron chi connectivity index (χ3n) is 2.86. The van der Waals surface area contributed by atoms with Crippen LogP contribution >= 0.6 is 0 Å². The Bertz CT molecular complexity index is 302. The lowest BCUT2D eigenvalue weighted by Gasteiger charge is -2.12. The van der Waals surface area contributed by atoms with Crippen LogP contribution in [-0.4, -0.2) is 42.3 Å². The van der Waals surface area contributed by atoms with E-state index in [-0.39, 0.29) is 12.3 Å². The topological polar surface area (TPSA) is 140 Å². The quantitative estimate of drug-likeness (QED) is 0.179. The summed E-state index contributed by atoms with van der Waals surface area (Å²) in [6.07, 6.45) is 2.44. The van der Waals surface area contributed by atoms with Gasteiger partial charge in [0.25, 0.3) is 0 Å². The molecule has 0 radical (unpaired) electrons. The van der Waals surface area contributed by atoms with Crippen molar-refractivity contribution < 1.29 is 19.5 Å². The van der Waals surface area contributed by atoms with E-state index in [1.165, 1.54) is 0 Å². The zero-order valence-corrected chi connectivity index (χ0v) is 12.6. The van der Waals surface area contributed by atoms with Crippen molar-refractivity contribution in [3.05, 3.63) is 0 Å². The largest absolute Gasteiger partial charge is 0.376 e. The first-order chi connectivity index (χ1) is 10.0. The average molecular weight is 304 g/mol. The first kappa shape index (κ1) is 19.8. The van der Waals surface area contributed by atoms with Crippen molar-refractivity contribution >= 4 is 11.9 Å². The molecule has 0 aliphatic rings. The molecule has 8 heteroatoms. The average Bonchev–Trinajstić information content (AvgIpc) is 2.48. The Morgan fingerprint density at radius 1 is 1.29 bits per heavy atom. The van der Waals surface area contributed by atoms with Crippen LogP contribution in [0.3, 0.4) is 0 Å². The van der Waals surface area contributed by atoms with Crippen LogP contribution in [0.15, 0.2) is 0 Å². The summed E-state index contributed by atoms with van der Waals surface area (Å²) in [5.74, 6) is -0.705. The van der Waals surface area contributed by atoms with Crippen molar-refractivity contribution in [3.8, 4) is 0 Å². The van der Waals surface area contributed by atoms with Crippen molar-refractivity contribution in [2.75, 3.05) is 13.1 Å². The van der Waals surface area contributed by atoms with Crippen molar-refractivity contribution in [2.24, 2.45) is 11.5 Å². The fraction of sp³-hybridized carbons (Fsp3) is 0.846. The third kappa shape index (κ3) is 11.1. The van der Waals surface area contributed by atoms with Gasteiger partial charge in [-0.05, 0) is 32.2 Å². The number of aliphatic hydroxyl groups is 1. The molecule has 0 aliphatic carbocycles. The summed E-state index contributed by atoms with van der Waals surface area (Å²) in [5, 5.41) is 11.8. The van der Waals surface area contributed by atoms with Gasteiger partial charge in [-0.15, -0.1) is 5.48 Å². The highest BCUT2D eigenvalue weighted by Gasteiger charge is 2.12. The van der Waals surface area contributed by atoms with Gasteiger partial charge in [0.1, 0.15) is 6.23 Å². The molecule has 7 N–H and O–H groups in total. The molecule has 2 atom stereocenters. The maximum atomic E-state index is 11.6. The molecule has 124 valence electrons.